The number of anilines is 1. The maximum atomic E-state index is 11.2. The molecular weight excluding hydrogens is 302 g/mol. The summed E-state index contributed by atoms with van der Waals surface area (Å²) in [7, 11) is 0. The number of likely N-dealkylation sites (tertiary alicyclic amines) is 1. The van der Waals surface area contributed by atoms with E-state index in [2.05, 4.69) is 46.1 Å². The SMILES string of the molecule is CCCn1ccnc1-c1cccc(NC2CCN(C(N)=O)CC2)c1. The quantitative estimate of drug-likeness (QED) is 0.886. The summed E-state index contributed by atoms with van der Waals surface area (Å²) < 4.78 is 2.18. The molecule has 2 amide bonds. The number of amides is 2. The van der Waals surface area contributed by atoms with Gasteiger partial charge in [0.1, 0.15) is 5.82 Å². The van der Waals surface area contributed by atoms with Gasteiger partial charge in [-0.2, -0.15) is 0 Å². The van der Waals surface area contributed by atoms with E-state index in [0.29, 0.717) is 19.1 Å². The highest BCUT2D eigenvalue weighted by Crippen LogP contribution is 2.23. The standard InChI is InChI=1S/C18H25N5O/c1-2-9-22-12-8-20-17(22)14-4-3-5-16(13-14)21-15-6-10-23(11-7-15)18(19)24/h3-5,8,12-13,15,21H,2,6-7,9-11H2,1H3,(H2,19,24). The van der Waals surface area contributed by atoms with Gasteiger partial charge < -0.3 is 20.5 Å². The van der Waals surface area contributed by atoms with E-state index in [0.717, 1.165) is 42.9 Å². The maximum absolute atomic E-state index is 11.2. The fourth-order valence-electron chi connectivity index (χ4n) is 3.22. The van der Waals surface area contributed by atoms with Crippen LogP contribution in [0.4, 0.5) is 10.5 Å². The number of nitrogens with zero attached hydrogens (tertiary/aromatic N) is 3. The number of piperidine rings is 1. The largest absolute Gasteiger partial charge is 0.382 e. The second-order valence-electron chi connectivity index (χ2n) is 6.27. The molecule has 1 aromatic heterocycles. The van der Waals surface area contributed by atoms with Gasteiger partial charge in [0.25, 0.3) is 0 Å². The normalized spacial score (nSPS) is 15.5. The number of hydrogen-bond donors (Lipinski definition) is 2. The van der Waals surface area contributed by atoms with Crippen molar-refractivity contribution in [2.24, 2.45) is 5.73 Å². The van der Waals surface area contributed by atoms with Gasteiger partial charge in [-0.3, -0.25) is 0 Å². The molecule has 0 unspecified atom stereocenters. The highest BCUT2D eigenvalue weighted by Gasteiger charge is 2.21. The van der Waals surface area contributed by atoms with Crippen molar-refractivity contribution >= 4 is 11.7 Å². The van der Waals surface area contributed by atoms with Crippen LogP contribution in [0.5, 0.6) is 0 Å². The Morgan fingerprint density at radius 1 is 1.38 bits per heavy atom. The van der Waals surface area contributed by atoms with Crippen LogP contribution in [0.25, 0.3) is 11.4 Å². The van der Waals surface area contributed by atoms with E-state index in [9.17, 15) is 4.79 Å². The van der Waals surface area contributed by atoms with Gasteiger partial charge in [-0.05, 0) is 31.4 Å². The summed E-state index contributed by atoms with van der Waals surface area (Å²) >= 11 is 0. The molecule has 24 heavy (non-hydrogen) atoms. The van der Waals surface area contributed by atoms with E-state index < -0.39 is 0 Å². The number of aromatic nitrogens is 2. The van der Waals surface area contributed by atoms with Crippen LogP contribution in [0, 0.1) is 0 Å². The number of benzene rings is 1. The first-order chi connectivity index (χ1) is 11.7. The molecule has 0 atom stereocenters. The minimum atomic E-state index is -0.321. The Hall–Kier alpha value is -2.50. The van der Waals surface area contributed by atoms with E-state index in [1.54, 1.807) is 4.90 Å². The fourth-order valence-corrected chi connectivity index (χ4v) is 3.22. The predicted molar refractivity (Wildman–Crippen MR) is 95.8 cm³/mol. The third kappa shape index (κ3) is 3.69. The number of nitrogens with one attached hydrogen (secondary N) is 1. The highest BCUT2D eigenvalue weighted by molar-refractivity contribution is 5.72. The lowest BCUT2D eigenvalue weighted by atomic mass is 10.0. The number of urea groups is 1. The Bertz CT molecular complexity index is 688. The second-order valence-corrected chi connectivity index (χ2v) is 6.27. The maximum Gasteiger partial charge on any atom is 0.314 e. The lowest BCUT2D eigenvalue weighted by Gasteiger charge is -2.31. The van der Waals surface area contributed by atoms with Crippen molar-refractivity contribution in [1.29, 1.82) is 0 Å². The third-order valence-corrected chi connectivity index (χ3v) is 4.48. The van der Waals surface area contributed by atoms with Crippen LogP contribution in [0.15, 0.2) is 36.7 Å². The first kappa shape index (κ1) is 16.4. The lowest BCUT2D eigenvalue weighted by molar-refractivity contribution is 0.193. The number of carbonyl (C=O) groups is 1. The number of rotatable bonds is 5. The molecule has 6 nitrogen and oxygen atoms in total. The first-order valence-electron chi connectivity index (χ1n) is 8.60. The molecule has 6 heteroatoms. The van der Waals surface area contributed by atoms with Gasteiger partial charge in [0, 0.05) is 49.3 Å². The van der Waals surface area contributed by atoms with E-state index >= 15 is 0 Å². The van der Waals surface area contributed by atoms with Crippen molar-refractivity contribution < 1.29 is 4.79 Å². The van der Waals surface area contributed by atoms with Crippen molar-refractivity contribution in [3.05, 3.63) is 36.7 Å². The smallest absolute Gasteiger partial charge is 0.314 e. The molecule has 3 rings (SSSR count). The lowest BCUT2D eigenvalue weighted by Crippen LogP contribution is -2.44. The summed E-state index contributed by atoms with van der Waals surface area (Å²) in [5.74, 6) is 1.00. The molecule has 1 aliphatic heterocycles. The van der Waals surface area contributed by atoms with Crippen LogP contribution in [0.2, 0.25) is 0 Å². The van der Waals surface area contributed by atoms with E-state index in [1.807, 2.05) is 12.4 Å². The van der Waals surface area contributed by atoms with Gasteiger partial charge in [-0.1, -0.05) is 19.1 Å². The zero-order valence-electron chi connectivity index (χ0n) is 14.1. The summed E-state index contributed by atoms with van der Waals surface area (Å²) in [6.07, 6.45) is 6.79. The summed E-state index contributed by atoms with van der Waals surface area (Å²) in [6.45, 7) is 4.57. The van der Waals surface area contributed by atoms with Gasteiger partial charge in [0.2, 0.25) is 0 Å². The Balaban J connectivity index is 1.68. The minimum Gasteiger partial charge on any atom is -0.382 e. The van der Waals surface area contributed by atoms with Crippen LogP contribution in [0.3, 0.4) is 0 Å². The topological polar surface area (TPSA) is 76.2 Å². The molecule has 128 valence electrons. The summed E-state index contributed by atoms with van der Waals surface area (Å²) in [5.41, 5.74) is 7.55. The average molecular weight is 327 g/mol. The molecule has 3 N–H and O–H groups in total. The van der Waals surface area contributed by atoms with Gasteiger partial charge >= 0.3 is 6.03 Å². The Morgan fingerprint density at radius 3 is 2.88 bits per heavy atom. The minimum absolute atomic E-state index is 0.321. The van der Waals surface area contributed by atoms with Crippen LogP contribution < -0.4 is 11.1 Å². The van der Waals surface area contributed by atoms with E-state index in [-0.39, 0.29) is 6.03 Å². The van der Waals surface area contributed by atoms with Gasteiger partial charge in [-0.25, -0.2) is 9.78 Å². The van der Waals surface area contributed by atoms with Crippen molar-refractivity contribution in [3.8, 4) is 11.4 Å². The number of aryl methyl sites for hydroxylation is 1. The molecule has 1 aliphatic rings. The molecule has 2 heterocycles. The fraction of sp³-hybridized carbons (Fsp3) is 0.444. The molecule has 1 aromatic carbocycles. The Kier molecular flexibility index (Phi) is 5.03. The van der Waals surface area contributed by atoms with Crippen LogP contribution in [-0.4, -0.2) is 39.6 Å². The van der Waals surface area contributed by atoms with Crippen molar-refractivity contribution in [2.45, 2.75) is 38.8 Å². The van der Waals surface area contributed by atoms with Gasteiger partial charge in [-0.15, -0.1) is 0 Å². The summed E-state index contributed by atoms with van der Waals surface area (Å²) in [6, 6.07) is 8.42. The zero-order chi connectivity index (χ0) is 16.9. The first-order valence-corrected chi connectivity index (χ1v) is 8.60. The molecule has 2 aromatic rings. The highest BCUT2D eigenvalue weighted by atomic mass is 16.2. The van der Waals surface area contributed by atoms with Crippen molar-refractivity contribution in [3.63, 3.8) is 0 Å². The molecule has 0 bridgehead atoms. The number of carbonyl (C=O) groups excluding carboxylic acids is 1. The molecule has 0 saturated carbocycles. The predicted octanol–water partition coefficient (Wildman–Crippen LogP) is 2.92. The number of hydrogen-bond acceptors (Lipinski definition) is 3. The zero-order valence-corrected chi connectivity index (χ0v) is 14.1. The molecule has 0 aliphatic carbocycles. The Morgan fingerprint density at radius 2 is 2.17 bits per heavy atom. The molecule has 0 radical (unpaired) electrons. The van der Waals surface area contributed by atoms with Crippen molar-refractivity contribution in [2.75, 3.05) is 18.4 Å². The summed E-state index contributed by atoms with van der Waals surface area (Å²) in [5, 5.41) is 3.58. The van der Waals surface area contributed by atoms with Gasteiger partial charge in [0.05, 0.1) is 0 Å². The molecule has 1 fully saturated rings. The second kappa shape index (κ2) is 7.38. The Labute approximate surface area is 142 Å². The van der Waals surface area contributed by atoms with E-state index in [4.69, 9.17) is 5.73 Å². The summed E-state index contributed by atoms with van der Waals surface area (Å²) in [4.78, 5) is 17.4. The number of primary amides is 1. The average Bonchev–Trinajstić information content (AvgIpc) is 3.04. The van der Waals surface area contributed by atoms with Crippen LogP contribution in [0.1, 0.15) is 26.2 Å². The van der Waals surface area contributed by atoms with Crippen molar-refractivity contribution in [1.82, 2.24) is 14.5 Å². The van der Waals surface area contributed by atoms with Gasteiger partial charge in [0.15, 0.2) is 0 Å². The molecule has 0 spiro atoms. The van der Waals surface area contributed by atoms with E-state index in [1.165, 1.54) is 0 Å². The number of nitrogens with two attached hydrogens (primary N) is 1. The monoisotopic (exact) mass is 327 g/mol. The molecule has 1 saturated heterocycles. The number of imidazole rings is 1. The van der Waals surface area contributed by atoms with Crippen LogP contribution in [-0.2, 0) is 6.54 Å². The van der Waals surface area contributed by atoms with Crippen LogP contribution >= 0.6 is 0 Å². The molecular formula is C18H25N5O. The third-order valence-electron chi connectivity index (χ3n) is 4.48.